The Morgan fingerprint density at radius 1 is 1.05 bits per heavy atom. The van der Waals surface area contributed by atoms with Crippen molar-refractivity contribution in [2.75, 3.05) is 5.73 Å². The van der Waals surface area contributed by atoms with Gasteiger partial charge in [0.25, 0.3) is 0 Å². The zero-order valence-corrected chi connectivity index (χ0v) is 10.9. The van der Waals surface area contributed by atoms with Crippen LogP contribution in [0.5, 0.6) is 5.75 Å². The first-order chi connectivity index (χ1) is 9.30. The molecule has 0 bridgehead atoms. The van der Waals surface area contributed by atoms with Crippen molar-refractivity contribution < 1.29 is 17.9 Å². The molecule has 2 aromatic carbocycles. The molecule has 0 spiro atoms. The van der Waals surface area contributed by atoms with Crippen LogP contribution in [0.1, 0.15) is 16.7 Å². The summed E-state index contributed by atoms with van der Waals surface area (Å²) in [6.07, 6.45) is -3.69. The fourth-order valence-electron chi connectivity index (χ4n) is 2.66. The molecule has 2 nitrogen and oxygen atoms in total. The number of hydrogen-bond donors (Lipinski definition) is 1. The molecular formula is C15H12F3NO. The summed E-state index contributed by atoms with van der Waals surface area (Å²) in [4.78, 5) is 0. The molecular weight excluding hydrogens is 267 g/mol. The third kappa shape index (κ3) is 1.66. The Labute approximate surface area is 113 Å². The minimum Gasteiger partial charge on any atom is -0.463 e. The van der Waals surface area contributed by atoms with E-state index in [2.05, 4.69) is 0 Å². The molecule has 2 aromatic rings. The van der Waals surface area contributed by atoms with E-state index in [-0.39, 0.29) is 5.56 Å². The van der Waals surface area contributed by atoms with Crippen molar-refractivity contribution in [3.05, 3.63) is 41.2 Å². The van der Waals surface area contributed by atoms with Crippen LogP contribution in [0.3, 0.4) is 0 Å². The molecule has 0 saturated heterocycles. The van der Waals surface area contributed by atoms with Gasteiger partial charge in [0.15, 0.2) is 0 Å². The molecule has 0 saturated carbocycles. The lowest BCUT2D eigenvalue weighted by Gasteiger charge is -2.23. The van der Waals surface area contributed by atoms with Crippen LogP contribution in [0, 0.1) is 13.8 Å². The van der Waals surface area contributed by atoms with Crippen molar-refractivity contribution in [1.82, 2.24) is 0 Å². The number of alkyl halides is 3. The van der Waals surface area contributed by atoms with Crippen LogP contribution in [-0.4, -0.2) is 6.18 Å². The predicted octanol–water partition coefficient (Wildman–Crippen LogP) is 4.33. The summed E-state index contributed by atoms with van der Waals surface area (Å²) in [6.45, 7) is 3.59. The maximum absolute atomic E-state index is 13.1. The number of rotatable bonds is 0. The average molecular weight is 279 g/mol. The molecule has 0 fully saturated rings. The third-order valence-corrected chi connectivity index (χ3v) is 3.55. The summed E-state index contributed by atoms with van der Waals surface area (Å²) < 4.78 is 44.5. The van der Waals surface area contributed by atoms with Gasteiger partial charge >= 0.3 is 6.18 Å². The average Bonchev–Trinajstić information content (AvgIpc) is 2.34. The fourth-order valence-corrected chi connectivity index (χ4v) is 2.66. The molecule has 0 unspecified atom stereocenters. The summed E-state index contributed by atoms with van der Waals surface area (Å²) in [5.74, 6) is 0.445. The number of ether oxygens (including phenoxy) is 1. The van der Waals surface area contributed by atoms with E-state index in [1.165, 1.54) is 6.07 Å². The van der Waals surface area contributed by atoms with E-state index in [0.29, 0.717) is 22.2 Å². The molecule has 1 heterocycles. The Hall–Kier alpha value is -2.17. The third-order valence-electron chi connectivity index (χ3n) is 3.55. The topological polar surface area (TPSA) is 35.2 Å². The van der Waals surface area contributed by atoms with Crippen LogP contribution in [0.25, 0.3) is 16.3 Å². The smallest absolute Gasteiger partial charge is 0.419 e. The van der Waals surface area contributed by atoms with Gasteiger partial charge in [-0.25, -0.2) is 0 Å². The van der Waals surface area contributed by atoms with Crippen molar-refractivity contribution in [2.24, 2.45) is 0 Å². The second kappa shape index (κ2) is 3.91. The molecule has 1 aliphatic heterocycles. The monoisotopic (exact) mass is 279 g/mol. The van der Waals surface area contributed by atoms with Gasteiger partial charge in [-0.3, -0.25) is 0 Å². The minimum absolute atomic E-state index is 0.120. The fraction of sp³-hybridized carbons (Fsp3) is 0.200. The van der Waals surface area contributed by atoms with Gasteiger partial charge in [0.05, 0.1) is 5.57 Å². The number of anilines is 1. The Kier molecular flexibility index (Phi) is 2.51. The zero-order valence-electron chi connectivity index (χ0n) is 10.9. The lowest BCUT2D eigenvalue weighted by atomic mass is 9.91. The minimum atomic E-state index is -4.46. The molecule has 2 N–H and O–H groups in total. The van der Waals surface area contributed by atoms with Gasteiger partial charge in [-0.15, -0.1) is 0 Å². The van der Waals surface area contributed by atoms with Crippen molar-refractivity contribution in [3.63, 3.8) is 0 Å². The molecule has 0 atom stereocenters. The normalized spacial score (nSPS) is 14.2. The molecule has 0 radical (unpaired) electrons. The highest BCUT2D eigenvalue weighted by Crippen LogP contribution is 2.47. The number of halogens is 3. The quantitative estimate of drug-likeness (QED) is 0.728. The summed E-state index contributed by atoms with van der Waals surface area (Å²) in [7, 11) is 0. The van der Waals surface area contributed by atoms with Crippen molar-refractivity contribution in [2.45, 2.75) is 20.0 Å². The second-order valence-corrected chi connectivity index (χ2v) is 4.94. The maximum Gasteiger partial charge on any atom is 0.419 e. The predicted molar refractivity (Wildman–Crippen MR) is 72.5 cm³/mol. The number of allylic oxidation sites excluding steroid dienone is 1. The Balaban J connectivity index is 2.47. The first-order valence-electron chi connectivity index (χ1n) is 6.07. The number of hydrogen-bond acceptors (Lipinski definition) is 2. The van der Waals surface area contributed by atoms with Crippen LogP contribution < -0.4 is 10.5 Å². The van der Waals surface area contributed by atoms with Crippen molar-refractivity contribution in [1.29, 1.82) is 0 Å². The van der Waals surface area contributed by atoms with E-state index in [0.717, 1.165) is 17.4 Å². The standard InChI is InChI=1S/C15H12F3NO/c1-7-3-4-9-10(15(16,17)18)6-20-14-8(2)5-11(19)12(7)13(9)14/h3-6H,19H2,1-2H3. The van der Waals surface area contributed by atoms with Crippen LogP contribution in [0.15, 0.2) is 24.5 Å². The lowest BCUT2D eigenvalue weighted by Crippen LogP contribution is -2.15. The lowest BCUT2D eigenvalue weighted by molar-refractivity contribution is -0.0698. The first kappa shape index (κ1) is 12.8. The molecule has 0 aliphatic carbocycles. The largest absolute Gasteiger partial charge is 0.463 e. The van der Waals surface area contributed by atoms with Gasteiger partial charge < -0.3 is 10.5 Å². The molecule has 3 rings (SSSR count). The van der Waals surface area contributed by atoms with Gasteiger partial charge in [-0.2, -0.15) is 13.2 Å². The summed E-state index contributed by atoms with van der Waals surface area (Å²) in [5, 5.41) is 1.07. The van der Waals surface area contributed by atoms with Crippen molar-refractivity contribution in [3.8, 4) is 5.75 Å². The van der Waals surface area contributed by atoms with E-state index in [4.69, 9.17) is 10.5 Å². The SMILES string of the molecule is Cc1cc(N)c2c(C)ccc3c2c1OC=C3C(F)(F)F. The number of nitrogen functional groups attached to an aromatic ring is 1. The van der Waals surface area contributed by atoms with Crippen LogP contribution in [-0.2, 0) is 0 Å². The summed E-state index contributed by atoms with van der Waals surface area (Å²) in [5.41, 5.74) is 7.33. The van der Waals surface area contributed by atoms with Crippen LogP contribution >= 0.6 is 0 Å². The zero-order chi connectivity index (χ0) is 14.7. The van der Waals surface area contributed by atoms with E-state index >= 15 is 0 Å². The van der Waals surface area contributed by atoms with E-state index in [1.807, 2.05) is 6.92 Å². The van der Waals surface area contributed by atoms with Crippen LogP contribution in [0.4, 0.5) is 18.9 Å². The van der Waals surface area contributed by atoms with Gasteiger partial charge in [0.1, 0.15) is 12.0 Å². The Morgan fingerprint density at radius 3 is 2.40 bits per heavy atom. The molecule has 0 aromatic heterocycles. The molecule has 20 heavy (non-hydrogen) atoms. The highest BCUT2D eigenvalue weighted by molar-refractivity contribution is 6.07. The van der Waals surface area contributed by atoms with E-state index in [1.54, 1.807) is 19.1 Å². The highest BCUT2D eigenvalue weighted by Gasteiger charge is 2.38. The van der Waals surface area contributed by atoms with Gasteiger partial charge in [0.2, 0.25) is 0 Å². The maximum atomic E-state index is 13.1. The molecule has 104 valence electrons. The van der Waals surface area contributed by atoms with Gasteiger partial charge in [-0.05, 0) is 31.0 Å². The summed E-state index contributed by atoms with van der Waals surface area (Å²) >= 11 is 0. The number of aryl methyl sites for hydroxylation is 2. The molecule has 5 heteroatoms. The molecule has 0 amide bonds. The molecule has 1 aliphatic rings. The Morgan fingerprint density at radius 2 is 1.75 bits per heavy atom. The summed E-state index contributed by atoms with van der Waals surface area (Å²) in [6, 6.07) is 4.85. The van der Waals surface area contributed by atoms with E-state index < -0.39 is 11.7 Å². The first-order valence-corrected chi connectivity index (χ1v) is 6.07. The van der Waals surface area contributed by atoms with Crippen molar-refractivity contribution >= 4 is 22.0 Å². The second-order valence-electron chi connectivity index (χ2n) is 4.94. The Bertz CT molecular complexity index is 760. The van der Waals surface area contributed by atoms with Crippen LogP contribution in [0.2, 0.25) is 0 Å². The van der Waals surface area contributed by atoms with Gasteiger partial charge in [0, 0.05) is 22.0 Å². The number of nitrogens with two attached hydrogens (primary N) is 1. The van der Waals surface area contributed by atoms with Gasteiger partial charge in [-0.1, -0.05) is 12.1 Å². The number of benzene rings is 2. The highest BCUT2D eigenvalue weighted by atomic mass is 19.4. The van der Waals surface area contributed by atoms with E-state index in [9.17, 15) is 13.2 Å².